The molecule has 0 aromatic heterocycles. The molecular formula is C21H32N4O3. The van der Waals surface area contributed by atoms with Gasteiger partial charge in [-0.05, 0) is 37.9 Å². The number of carboxylic acid groups (broad SMARTS) is 1. The SMILES string of the molecule is CCC1CN(c2ccccc2)CCN1C(=O)NC1CC(N(CC)CC(=O)O)C1. The van der Waals surface area contributed by atoms with Crippen LogP contribution in [0, 0.1) is 0 Å². The van der Waals surface area contributed by atoms with E-state index in [1.807, 2.05) is 34.9 Å². The number of nitrogens with one attached hydrogen (secondary N) is 1. The molecule has 2 amide bonds. The molecule has 2 fully saturated rings. The Labute approximate surface area is 167 Å². The first-order valence-corrected chi connectivity index (χ1v) is 10.3. The number of para-hydroxylation sites is 1. The first-order valence-electron chi connectivity index (χ1n) is 10.3. The maximum atomic E-state index is 12.8. The quantitative estimate of drug-likeness (QED) is 0.749. The van der Waals surface area contributed by atoms with E-state index in [0.29, 0.717) is 0 Å². The van der Waals surface area contributed by atoms with Crippen molar-refractivity contribution >= 4 is 17.7 Å². The second-order valence-corrected chi connectivity index (χ2v) is 7.77. The van der Waals surface area contributed by atoms with Crippen LogP contribution in [0.15, 0.2) is 30.3 Å². The van der Waals surface area contributed by atoms with Crippen LogP contribution in [0.1, 0.15) is 33.1 Å². The molecule has 1 aromatic carbocycles. The lowest BCUT2D eigenvalue weighted by molar-refractivity contribution is -0.139. The summed E-state index contributed by atoms with van der Waals surface area (Å²) in [7, 11) is 0. The molecule has 7 nitrogen and oxygen atoms in total. The predicted octanol–water partition coefficient (Wildman–Crippen LogP) is 2.23. The van der Waals surface area contributed by atoms with Crippen LogP contribution in [0.2, 0.25) is 0 Å². The van der Waals surface area contributed by atoms with Crippen LogP contribution in [-0.2, 0) is 4.79 Å². The van der Waals surface area contributed by atoms with Crippen LogP contribution in [-0.4, -0.2) is 77.8 Å². The summed E-state index contributed by atoms with van der Waals surface area (Å²) in [5, 5.41) is 12.2. The van der Waals surface area contributed by atoms with Gasteiger partial charge in [0.25, 0.3) is 0 Å². The van der Waals surface area contributed by atoms with Gasteiger partial charge in [-0.3, -0.25) is 9.69 Å². The molecule has 1 heterocycles. The summed E-state index contributed by atoms with van der Waals surface area (Å²) in [5.41, 5.74) is 1.21. The molecule has 1 saturated carbocycles. The van der Waals surface area contributed by atoms with Gasteiger partial charge in [0.2, 0.25) is 0 Å². The molecule has 1 aliphatic carbocycles. The molecular weight excluding hydrogens is 356 g/mol. The molecule has 2 N–H and O–H groups in total. The van der Waals surface area contributed by atoms with E-state index >= 15 is 0 Å². The van der Waals surface area contributed by atoms with Crippen molar-refractivity contribution in [2.75, 3.05) is 37.6 Å². The Hall–Kier alpha value is -2.28. The van der Waals surface area contributed by atoms with Gasteiger partial charge in [-0.15, -0.1) is 0 Å². The predicted molar refractivity (Wildman–Crippen MR) is 110 cm³/mol. The molecule has 0 radical (unpaired) electrons. The lowest BCUT2D eigenvalue weighted by atomic mass is 9.85. The fraction of sp³-hybridized carbons (Fsp3) is 0.619. The first kappa shape index (κ1) is 20.5. The summed E-state index contributed by atoms with van der Waals surface area (Å²) < 4.78 is 0. The third-order valence-corrected chi connectivity index (χ3v) is 6.04. The average molecular weight is 389 g/mol. The number of hydrogen-bond acceptors (Lipinski definition) is 4. The molecule has 7 heteroatoms. The largest absolute Gasteiger partial charge is 0.480 e. The van der Waals surface area contributed by atoms with Crippen LogP contribution >= 0.6 is 0 Å². The number of benzene rings is 1. The number of aliphatic carboxylic acids is 1. The van der Waals surface area contributed by atoms with Crippen molar-refractivity contribution in [1.82, 2.24) is 15.1 Å². The minimum Gasteiger partial charge on any atom is -0.480 e. The van der Waals surface area contributed by atoms with E-state index in [1.54, 1.807) is 0 Å². The van der Waals surface area contributed by atoms with Crippen molar-refractivity contribution in [3.8, 4) is 0 Å². The molecule has 2 aliphatic rings. The number of nitrogens with zero attached hydrogens (tertiary/aromatic N) is 3. The van der Waals surface area contributed by atoms with Gasteiger partial charge in [0.1, 0.15) is 0 Å². The standard InChI is InChI=1S/C21H32N4O3/c1-3-17-14-24(18-8-6-5-7-9-18)10-11-25(17)21(28)22-16-12-19(13-16)23(4-2)15-20(26)27/h5-9,16-17,19H,3-4,10-15H2,1-2H3,(H,22,28)(H,26,27). The molecule has 0 bridgehead atoms. The van der Waals surface area contributed by atoms with Crippen molar-refractivity contribution in [1.29, 1.82) is 0 Å². The smallest absolute Gasteiger partial charge is 0.317 e. The highest BCUT2D eigenvalue weighted by Gasteiger charge is 2.37. The topological polar surface area (TPSA) is 76.1 Å². The number of carbonyl (C=O) groups is 2. The number of urea groups is 1. The number of anilines is 1. The lowest BCUT2D eigenvalue weighted by Gasteiger charge is -2.45. The average Bonchev–Trinajstić information content (AvgIpc) is 2.68. The van der Waals surface area contributed by atoms with Crippen molar-refractivity contribution in [3.05, 3.63) is 30.3 Å². The Morgan fingerprint density at radius 2 is 1.89 bits per heavy atom. The van der Waals surface area contributed by atoms with E-state index in [9.17, 15) is 9.59 Å². The lowest BCUT2D eigenvalue weighted by Crippen LogP contribution is -2.61. The van der Waals surface area contributed by atoms with Gasteiger partial charge in [-0.2, -0.15) is 0 Å². The van der Waals surface area contributed by atoms with E-state index in [2.05, 4.69) is 29.3 Å². The van der Waals surface area contributed by atoms with Gasteiger partial charge in [0.05, 0.1) is 12.6 Å². The van der Waals surface area contributed by atoms with Crippen LogP contribution in [0.5, 0.6) is 0 Å². The van der Waals surface area contributed by atoms with Crippen molar-refractivity contribution in [2.24, 2.45) is 0 Å². The Kier molecular flexibility index (Phi) is 6.78. The summed E-state index contributed by atoms with van der Waals surface area (Å²) >= 11 is 0. The van der Waals surface area contributed by atoms with Crippen molar-refractivity contribution < 1.29 is 14.7 Å². The highest BCUT2D eigenvalue weighted by atomic mass is 16.4. The van der Waals surface area contributed by atoms with E-state index < -0.39 is 5.97 Å². The number of amides is 2. The van der Waals surface area contributed by atoms with Gasteiger partial charge in [0, 0.05) is 37.4 Å². The Morgan fingerprint density at radius 3 is 2.50 bits per heavy atom. The van der Waals surface area contributed by atoms with Gasteiger partial charge >= 0.3 is 12.0 Å². The number of carboxylic acids is 1. The number of likely N-dealkylation sites (N-methyl/N-ethyl adjacent to an activating group) is 1. The zero-order valence-corrected chi connectivity index (χ0v) is 16.9. The Balaban J connectivity index is 1.49. The fourth-order valence-electron chi connectivity index (χ4n) is 4.28. The summed E-state index contributed by atoms with van der Waals surface area (Å²) in [6.45, 7) is 7.30. The summed E-state index contributed by atoms with van der Waals surface area (Å²) in [5.74, 6) is -0.795. The van der Waals surface area contributed by atoms with Crippen LogP contribution in [0.25, 0.3) is 0 Å². The van der Waals surface area contributed by atoms with E-state index in [4.69, 9.17) is 5.11 Å². The maximum Gasteiger partial charge on any atom is 0.317 e. The third kappa shape index (κ3) is 4.76. The summed E-state index contributed by atoms with van der Waals surface area (Å²) in [6.07, 6.45) is 2.58. The van der Waals surface area contributed by atoms with E-state index in [0.717, 1.165) is 45.4 Å². The zero-order valence-electron chi connectivity index (χ0n) is 16.9. The molecule has 1 aromatic rings. The van der Waals surface area contributed by atoms with Gasteiger partial charge in [-0.25, -0.2) is 4.79 Å². The molecule has 154 valence electrons. The van der Waals surface area contributed by atoms with Crippen LogP contribution < -0.4 is 10.2 Å². The van der Waals surface area contributed by atoms with E-state index in [1.165, 1.54) is 5.69 Å². The highest BCUT2D eigenvalue weighted by Crippen LogP contribution is 2.26. The molecule has 0 spiro atoms. The van der Waals surface area contributed by atoms with Crippen LogP contribution in [0.3, 0.4) is 0 Å². The van der Waals surface area contributed by atoms with Crippen molar-refractivity contribution in [3.63, 3.8) is 0 Å². The molecule has 1 unspecified atom stereocenters. The second-order valence-electron chi connectivity index (χ2n) is 7.77. The van der Waals surface area contributed by atoms with Gasteiger partial charge in [0.15, 0.2) is 0 Å². The maximum absolute atomic E-state index is 12.8. The Morgan fingerprint density at radius 1 is 1.18 bits per heavy atom. The summed E-state index contributed by atoms with van der Waals surface area (Å²) in [4.78, 5) is 30.1. The third-order valence-electron chi connectivity index (χ3n) is 6.04. The normalized spacial score (nSPS) is 24.8. The van der Waals surface area contributed by atoms with Gasteiger partial charge < -0.3 is 20.2 Å². The fourth-order valence-corrected chi connectivity index (χ4v) is 4.28. The minimum absolute atomic E-state index is 0.0179. The zero-order chi connectivity index (χ0) is 20.1. The van der Waals surface area contributed by atoms with Crippen LogP contribution in [0.4, 0.5) is 10.5 Å². The first-order chi connectivity index (χ1) is 13.5. The highest BCUT2D eigenvalue weighted by molar-refractivity contribution is 5.75. The number of hydrogen-bond donors (Lipinski definition) is 2. The molecule has 1 atom stereocenters. The Bertz CT molecular complexity index is 663. The number of rotatable bonds is 7. The summed E-state index contributed by atoms with van der Waals surface area (Å²) in [6, 6.07) is 11.0. The molecule has 1 saturated heterocycles. The van der Waals surface area contributed by atoms with E-state index in [-0.39, 0.29) is 30.7 Å². The van der Waals surface area contributed by atoms with Gasteiger partial charge in [-0.1, -0.05) is 32.0 Å². The molecule has 1 aliphatic heterocycles. The molecule has 28 heavy (non-hydrogen) atoms. The van der Waals surface area contributed by atoms with Crippen molar-refractivity contribution in [2.45, 2.75) is 51.2 Å². The second kappa shape index (κ2) is 9.28. The minimum atomic E-state index is -0.795. The number of carbonyl (C=O) groups excluding carboxylic acids is 1. The monoisotopic (exact) mass is 388 g/mol. The molecule has 3 rings (SSSR count). The number of piperazine rings is 1.